The topological polar surface area (TPSA) is 281 Å². The molecule has 9 N–H and O–H groups in total. The number of Topliss-reactive ketones (excluding diaryl/α,β-unsaturated/α-hetero) is 1. The van der Waals surface area contributed by atoms with Crippen molar-refractivity contribution in [1.82, 2.24) is 25.3 Å². The predicted molar refractivity (Wildman–Crippen MR) is 267 cm³/mol. The molecule has 408 valence electrons. The average molecular weight is 1100 g/mol. The molecule has 2 aromatic heterocycles. The molecule has 0 unspecified atom stereocenters. The van der Waals surface area contributed by atoms with Crippen LogP contribution in [0.4, 0.5) is 58.1 Å². The standard InChI is InChI=1S/C23H25F4N5O4S.C14H14F3N3O2.C10H15FN2O2S/c1-12-9-15(17(24)11-19(12)32-37(3,35)36)13(2)29-21(34)14-5-6-18-16(10-14)20(28-7-4-8-33)31-22(30-18)23(25,26)27;1-8(22)9-3-4-11-10(7-9)12(18-5-2-6-21)20-13(19-11)14(15,16)17;1-6-4-8(7(2)12)9(11)5-10(6)13-16(3,14)15/h5-6,9-11,13,32-33H,4,7-8H2,1-3H3,(H,29,34)(H,28,30,31);3-4,7,21H,2,5-6H2,1H3,(H,18,19,20);4-5,7,13H,12H2,1-3H3/t13-;;7-/m1.1/s1. The third kappa shape index (κ3) is 17.6. The zero-order valence-electron chi connectivity index (χ0n) is 41.2. The molecule has 4 aromatic carbocycles. The average Bonchev–Trinajstić information content (AvgIpc) is 3.29. The summed E-state index contributed by atoms with van der Waals surface area (Å²) >= 11 is 0. The maximum atomic E-state index is 14.7. The first kappa shape index (κ1) is 60.7. The number of carbonyl (C=O) groups excluding carboxylic acids is 2. The van der Waals surface area contributed by atoms with Gasteiger partial charge in [-0.2, -0.15) is 26.3 Å². The Morgan fingerprint density at radius 3 is 1.43 bits per heavy atom. The summed E-state index contributed by atoms with van der Waals surface area (Å²) in [5.74, 6) is -4.84. The molecular weight excluding hydrogens is 1050 g/mol. The number of rotatable bonds is 17. The van der Waals surface area contributed by atoms with Crippen molar-refractivity contribution >= 4 is 76.6 Å². The lowest BCUT2D eigenvalue weighted by Gasteiger charge is -2.18. The monoisotopic (exact) mass is 1100 g/mol. The number of hydrogen-bond acceptors (Lipinski definition) is 15. The van der Waals surface area contributed by atoms with E-state index in [1.807, 2.05) is 0 Å². The van der Waals surface area contributed by atoms with Gasteiger partial charge in [0.05, 0.1) is 41.0 Å². The molecular formula is C47H54F8N10O8S2. The summed E-state index contributed by atoms with van der Waals surface area (Å²) < 4.78 is 156. The van der Waals surface area contributed by atoms with Gasteiger partial charge in [-0.15, -0.1) is 0 Å². The molecule has 75 heavy (non-hydrogen) atoms. The van der Waals surface area contributed by atoms with Crippen molar-refractivity contribution in [3.63, 3.8) is 0 Å². The first-order chi connectivity index (χ1) is 34.7. The van der Waals surface area contributed by atoms with Crippen LogP contribution in [-0.4, -0.2) is 97.5 Å². The number of halogens is 8. The molecule has 0 aliphatic carbocycles. The van der Waals surface area contributed by atoms with Gasteiger partial charge in [-0.25, -0.2) is 45.6 Å². The molecule has 28 heteroatoms. The van der Waals surface area contributed by atoms with E-state index in [0.29, 0.717) is 34.1 Å². The van der Waals surface area contributed by atoms with E-state index in [1.165, 1.54) is 56.3 Å². The van der Waals surface area contributed by atoms with E-state index < -0.39 is 73.7 Å². The lowest BCUT2D eigenvalue weighted by Crippen LogP contribution is -2.27. The number of sulfonamides is 2. The summed E-state index contributed by atoms with van der Waals surface area (Å²) in [4.78, 5) is 38.4. The molecule has 0 aliphatic rings. The van der Waals surface area contributed by atoms with Gasteiger partial charge < -0.3 is 31.9 Å². The normalized spacial score (nSPS) is 12.7. The van der Waals surface area contributed by atoms with Gasteiger partial charge in [0.1, 0.15) is 23.3 Å². The highest BCUT2D eigenvalue weighted by atomic mass is 32.2. The number of nitrogens with zero attached hydrogens (tertiary/aromatic N) is 4. The Balaban J connectivity index is 0.000000270. The molecule has 0 radical (unpaired) electrons. The van der Waals surface area contributed by atoms with E-state index in [9.17, 15) is 61.5 Å². The number of aryl methyl sites for hydroxylation is 2. The first-order valence-corrected chi connectivity index (χ1v) is 26.1. The van der Waals surface area contributed by atoms with Crippen LogP contribution in [-0.2, 0) is 32.4 Å². The van der Waals surface area contributed by atoms with Crippen LogP contribution in [0, 0.1) is 25.5 Å². The number of hydrogen-bond donors (Lipinski definition) is 8. The van der Waals surface area contributed by atoms with Gasteiger partial charge in [0, 0.05) is 65.4 Å². The van der Waals surface area contributed by atoms with E-state index in [2.05, 4.69) is 45.3 Å². The molecule has 6 rings (SSSR count). The Labute approximate surface area is 426 Å². The second kappa shape index (κ2) is 25.1. The number of anilines is 4. The van der Waals surface area contributed by atoms with Crippen LogP contribution < -0.4 is 31.1 Å². The lowest BCUT2D eigenvalue weighted by molar-refractivity contribution is -0.145. The fraction of sp³-hybridized carbons (Fsp3) is 0.362. The highest BCUT2D eigenvalue weighted by Gasteiger charge is 2.37. The number of nitrogens with two attached hydrogens (primary N) is 1. The first-order valence-electron chi connectivity index (χ1n) is 22.3. The maximum Gasteiger partial charge on any atom is 0.451 e. The largest absolute Gasteiger partial charge is 0.451 e. The summed E-state index contributed by atoms with van der Waals surface area (Å²) in [6.07, 6.45) is -6.88. The Morgan fingerprint density at radius 1 is 0.640 bits per heavy atom. The minimum Gasteiger partial charge on any atom is -0.396 e. The van der Waals surface area contributed by atoms with E-state index in [0.717, 1.165) is 24.6 Å². The quantitative estimate of drug-likeness (QED) is 0.0245. The van der Waals surface area contributed by atoms with Crippen LogP contribution in [0.1, 0.15) is 100 Å². The molecule has 0 spiro atoms. The number of fused-ring (bicyclic) bond motifs is 2. The number of nitrogens with one attached hydrogen (secondary N) is 5. The predicted octanol–water partition coefficient (Wildman–Crippen LogP) is 7.92. The third-order valence-corrected chi connectivity index (χ3v) is 11.6. The van der Waals surface area contributed by atoms with Crippen molar-refractivity contribution in [2.45, 2.75) is 71.9 Å². The summed E-state index contributed by atoms with van der Waals surface area (Å²) in [5, 5.41) is 26.3. The van der Waals surface area contributed by atoms with Gasteiger partial charge in [-0.3, -0.25) is 19.0 Å². The number of alkyl halides is 6. The van der Waals surface area contributed by atoms with Crippen molar-refractivity contribution in [1.29, 1.82) is 0 Å². The van der Waals surface area contributed by atoms with Crippen molar-refractivity contribution < 1.29 is 71.8 Å². The third-order valence-electron chi connectivity index (χ3n) is 10.4. The minimum atomic E-state index is -4.79. The zero-order chi connectivity index (χ0) is 56.4. The molecule has 0 aliphatic heterocycles. The lowest BCUT2D eigenvalue weighted by atomic mass is 10.0. The number of carbonyl (C=O) groups is 2. The van der Waals surface area contributed by atoms with Crippen LogP contribution in [0.2, 0.25) is 0 Å². The van der Waals surface area contributed by atoms with E-state index in [4.69, 9.17) is 15.9 Å². The summed E-state index contributed by atoms with van der Waals surface area (Å²) in [7, 11) is -7.02. The SMILES string of the molecule is CC(=O)c1ccc2nc(C(F)(F)F)nc(NCCCO)c2c1.Cc1cc([C@@H](C)N)c(F)cc1NS(C)(=O)=O.Cc1cc([C@@H](C)NC(=O)c2ccc3nc(C(F)(F)F)nc(NCCCO)c3c2)c(F)cc1NS(C)(=O)=O. The van der Waals surface area contributed by atoms with Crippen LogP contribution >= 0.6 is 0 Å². The van der Waals surface area contributed by atoms with Gasteiger partial charge >= 0.3 is 12.4 Å². The molecule has 2 atom stereocenters. The number of benzene rings is 4. The molecule has 2 heterocycles. The molecule has 1 amide bonds. The van der Waals surface area contributed by atoms with Crippen LogP contribution in [0.3, 0.4) is 0 Å². The molecule has 0 fully saturated rings. The van der Waals surface area contributed by atoms with Gasteiger partial charge in [-0.1, -0.05) is 0 Å². The van der Waals surface area contributed by atoms with Gasteiger partial charge in [0.2, 0.25) is 31.7 Å². The summed E-state index contributed by atoms with van der Waals surface area (Å²) in [5.41, 5.74) is 7.92. The van der Waals surface area contributed by atoms with Crippen LogP contribution in [0.25, 0.3) is 21.8 Å². The number of ketones is 1. The second-order valence-corrected chi connectivity index (χ2v) is 20.4. The van der Waals surface area contributed by atoms with Crippen molar-refractivity contribution in [2.24, 2.45) is 5.73 Å². The summed E-state index contributed by atoms with van der Waals surface area (Å²) in [6, 6.07) is 12.0. The summed E-state index contributed by atoms with van der Waals surface area (Å²) in [6.45, 7) is 7.94. The Morgan fingerprint density at radius 2 is 1.04 bits per heavy atom. The van der Waals surface area contributed by atoms with Gasteiger partial charge in [0.25, 0.3) is 5.91 Å². The van der Waals surface area contributed by atoms with E-state index >= 15 is 0 Å². The fourth-order valence-electron chi connectivity index (χ4n) is 6.78. The van der Waals surface area contributed by atoms with Crippen LogP contribution in [0.15, 0.2) is 60.7 Å². The maximum absolute atomic E-state index is 14.7. The van der Waals surface area contributed by atoms with E-state index in [-0.39, 0.29) is 89.1 Å². The van der Waals surface area contributed by atoms with E-state index in [1.54, 1.807) is 26.8 Å². The smallest absolute Gasteiger partial charge is 0.396 e. The molecule has 6 aromatic rings. The number of aliphatic hydroxyl groups excluding tert-OH is 2. The van der Waals surface area contributed by atoms with Gasteiger partial charge in [-0.05, 0) is 119 Å². The highest BCUT2D eigenvalue weighted by molar-refractivity contribution is 7.92. The number of aromatic nitrogens is 4. The van der Waals surface area contributed by atoms with Crippen molar-refractivity contribution in [2.75, 3.05) is 58.9 Å². The Hall–Kier alpha value is -6.88. The molecule has 0 saturated heterocycles. The van der Waals surface area contributed by atoms with Crippen molar-refractivity contribution in [3.8, 4) is 0 Å². The Bertz CT molecular complexity index is 3280. The number of amides is 1. The molecule has 0 saturated carbocycles. The van der Waals surface area contributed by atoms with Crippen LogP contribution in [0.5, 0.6) is 0 Å². The zero-order valence-corrected chi connectivity index (χ0v) is 42.9. The highest BCUT2D eigenvalue weighted by Crippen LogP contribution is 2.33. The second-order valence-electron chi connectivity index (χ2n) is 16.9. The van der Waals surface area contributed by atoms with Crippen molar-refractivity contribution in [3.05, 3.63) is 117 Å². The minimum absolute atomic E-state index is 0.00567. The number of aliphatic hydroxyl groups is 2. The molecule has 0 bridgehead atoms. The molecule has 18 nitrogen and oxygen atoms in total. The van der Waals surface area contributed by atoms with Gasteiger partial charge in [0.15, 0.2) is 5.78 Å². The fourth-order valence-corrected chi connectivity index (χ4v) is 8.02. The Kier molecular flexibility index (Phi) is 20.3.